The van der Waals surface area contributed by atoms with Gasteiger partial charge in [0.25, 0.3) is 0 Å². The Kier molecular flexibility index (Phi) is 5.55. The van der Waals surface area contributed by atoms with Crippen LogP contribution in [0.25, 0.3) is 0 Å². The lowest BCUT2D eigenvalue weighted by Gasteiger charge is -2.17. The maximum absolute atomic E-state index is 12.2. The van der Waals surface area contributed by atoms with Crippen LogP contribution in [-0.4, -0.2) is 19.0 Å². The molecule has 0 heterocycles. The van der Waals surface area contributed by atoms with Gasteiger partial charge in [0.1, 0.15) is 0 Å². The quantitative estimate of drug-likeness (QED) is 0.863. The lowest BCUT2D eigenvalue weighted by atomic mass is 10.1. The molecule has 0 fully saturated rings. The van der Waals surface area contributed by atoms with E-state index in [4.69, 9.17) is 16.3 Å². The number of esters is 1. The first-order valence-electron chi connectivity index (χ1n) is 6.77. The zero-order valence-electron chi connectivity index (χ0n) is 12.1. The van der Waals surface area contributed by atoms with E-state index < -0.39 is 12.0 Å². The Balaban J connectivity index is 2.12. The van der Waals surface area contributed by atoms with Crippen molar-refractivity contribution in [1.82, 2.24) is 5.32 Å². The second kappa shape index (κ2) is 7.61. The molecule has 2 aromatic rings. The van der Waals surface area contributed by atoms with Gasteiger partial charge in [0, 0.05) is 5.02 Å². The molecule has 0 aromatic heterocycles. The number of hydrogen-bond acceptors (Lipinski definition) is 3. The van der Waals surface area contributed by atoms with Crippen LogP contribution in [0.3, 0.4) is 0 Å². The SMILES string of the molecule is COC(=O)[C@@H](NC(=O)Cc1ccccc1Cl)c1ccccc1. The highest BCUT2D eigenvalue weighted by atomic mass is 35.5. The van der Waals surface area contributed by atoms with Crippen LogP contribution in [-0.2, 0) is 20.7 Å². The zero-order chi connectivity index (χ0) is 15.9. The number of hydrogen-bond donors (Lipinski definition) is 1. The van der Waals surface area contributed by atoms with Crippen LogP contribution in [0, 0.1) is 0 Å². The fourth-order valence-corrected chi connectivity index (χ4v) is 2.27. The van der Waals surface area contributed by atoms with E-state index in [-0.39, 0.29) is 12.3 Å². The number of nitrogens with one attached hydrogen (secondary N) is 1. The molecule has 2 aromatic carbocycles. The van der Waals surface area contributed by atoms with E-state index in [9.17, 15) is 9.59 Å². The van der Waals surface area contributed by atoms with E-state index in [0.29, 0.717) is 16.1 Å². The molecule has 2 rings (SSSR count). The second-order valence-corrected chi connectivity index (χ2v) is 5.11. The largest absolute Gasteiger partial charge is 0.467 e. The topological polar surface area (TPSA) is 55.4 Å². The van der Waals surface area contributed by atoms with Crippen molar-refractivity contribution < 1.29 is 14.3 Å². The van der Waals surface area contributed by atoms with Crippen LogP contribution < -0.4 is 5.32 Å². The summed E-state index contributed by atoms with van der Waals surface area (Å²) >= 11 is 6.04. The number of benzene rings is 2. The van der Waals surface area contributed by atoms with Crippen molar-refractivity contribution >= 4 is 23.5 Å². The minimum absolute atomic E-state index is 0.0972. The van der Waals surface area contributed by atoms with E-state index in [0.717, 1.165) is 0 Å². The average molecular weight is 318 g/mol. The average Bonchev–Trinajstić information content (AvgIpc) is 2.55. The van der Waals surface area contributed by atoms with Crippen molar-refractivity contribution in [2.24, 2.45) is 0 Å². The van der Waals surface area contributed by atoms with Crippen molar-refractivity contribution in [3.63, 3.8) is 0 Å². The summed E-state index contributed by atoms with van der Waals surface area (Å²) in [5.74, 6) is -0.814. The fourth-order valence-electron chi connectivity index (χ4n) is 2.07. The van der Waals surface area contributed by atoms with Gasteiger partial charge in [-0.15, -0.1) is 0 Å². The Labute approximate surface area is 134 Å². The van der Waals surface area contributed by atoms with Crippen LogP contribution >= 0.6 is 11.6 Å². The zero-order valence-corrected chi connectivity index (χ0v) is 12.8. The fraction of sp³-hybridized carbons (Fsp3) is 0.176. The third kappa shape index (κ3) is 4.09. The summed E-state index contributed by atoms with van der Waals surface area (Å²) in [6.45, 7) is 0. The highest BCUT2D eigenvalue weighted by Crippen LogP contribution is 2.17. The van der Waals surface area contributed by atoms with E-state index in [1.165, 1.54) is 7.11 Å². The van der Waals surface area contributed by atoms with Crippen LogP contribution in [0.5, 0.6) is 0 Å². The van der Waals surface area contributed by atoms with Gasteiger partial charge in [0.15, 0.2) is 6.04 Å². The van der Waals surface area contributed by atoms with Crippen molar-refractivity contribution in [3.8, 4) is 0 Å². The predicted molar refractivity (Wildman–Crippen MR) is 84.5 cm³/mol. The number of carbonyl (C=O) groups excluding carboxylic acids is 2. The smallest absolute Gasteiger partial charge is 0.333 e. The van der Waals surface area contributed by atoms with Gasteiger partial charge in [-0.3, -0.25) is 4.79 Å². The Morgan fingerprint density at radius 3 is 2.36 bits per heavy atom. The summed E-state index contributed by atoms with van der Waals surface area (Å²) in [6.07, 6.45) is 0.0972. The molecule has 1 amide bonds. The Morgan fingerprint density at radius 1 is 1.09 bits per heavy atom. The van der Waals surface area contributed by atoms with Crippen molar-refractivity contribution in [1.29, 1.82) is 0 Å². The molecular formula is C17H16ClNO3. The standard InChI is InChI=1S/C17H16ClNO3/c1-22-17(21)16(12-7-3-2-4-8-12)19-15(20)11-13-9-5-6-10-14(13)18/h2-10,16H,11H2,1H3,(H,19,20)/t16-/m0/s1. The van der Waals surface area contributed by atoms with Crippen LogP contribution in [0.4, 0.5) is 0 Å². The lowest BCUT2D eigenvalue weighted by Crippen LogP contribution is -2.35. The molecule has 4 nitrogen and oxygen atoms in total. The van der Waals surface area contributed by atoms with E-state index in [2.05, 4.69) is 5.32 Å². The Morgan fingerprint density at radius 2 is 1.73 bits per heavy atom. The number of rotatable bonds is 5. The second-order valence-electron chi connectivity index (χ2n) is 4.70. The third-order valence-electron chi connectivity index (χ3n) is 3.18. The van der Waals surface area contributed by atoms with Crippen molar-refractivity contribution in [3.05, 3.63) is 70.7 Å². The molecular weight excluding hydrogens is 302 g/mol. The van der Waals surface area contributed by atoms with Crippen LogP contribution in [0.2, 0.25) is 5.02 Å². The third-order valence-corrected chi connectivity index (χ3v) is 3.55. The summed E-state index contributed by atoms with van der Waals surface area (Å²) < 4.78 is 4.76. The lowest BCUT2D eigenvalue weighted by molar-refractivity contribution is -0.145. The first kappa shape index (κ1) is 16.0. The number of methoxy groups -OCH3 is 1. The number of carbonyl (C=O) groups is 2. The Hall–Kier alpha value is -2.33. The molecule has 114 valence electrons. The summed E-state index contributed by atoms with van der Waals surface area (Å²) in [5.41, 5.74) is 1.38. The maximum atomic E-state index is 12.2. The summed E-state index contributed by atoms with van der Waals surface area (Å²) in [7, 11) is 1.29. The molecule has 0 saturated carbocycles. The van der Waals surface area contributed by atoms with Crippen LogP contribution in [0.15, 0.2) is 54.6 Å². The Bertz CT molecular complexity index is 658. The number of halogens is 1. The van der Waals surface area contributed by atoms with E-state index in [1.807, 2.05) is 12.1 Å². The number of amides is 1. The molecule has 0 aliphatic carbocycles. The maximum Gasteiger partial charge on any atom is 0.333 e. The van der Waals surface area contributed by atoms with Gasteiger partial charge >= 0.3 is 5.97 Å². The summed E-state index contributed by atoms with van der Waals surface area (Å²) in [6, 6.07) is 15.2. The molecule has 1 atom stereocenters. The monoisotopic (exact) mass is 317 g/mol. The van der Waals surface area contributed by atoms with Gasteiger partial charge < -0.3 is 10.1 Å². The molecule has 0 spiro atoms. The molecule has 0 radical (unpaired) electrons. The predicted octanol–water partition coefficient (Wildman–Crippen LogP) is 2.91. The summed E-state index contributed by atoms with van der Waals surface area (Å²) in [4.78, 5) is 24.1. The normalized spacial score (nSPS) is 11.5. The molecule has 0 unspecified atom stereocenters. The molecule has 5 heteroatoms. The molecule has 22 heavy (non-hydrogen) atoms. The molecule has 0 aliphatic heterocycles. The molecule has 1 N–H and O–H groups in total. The van der Waals surface area contributed by atoms with E-state index in [1.54, 1.807) is 42.5 Å². The minimum Gasteiger partial charge on any atom is -0.467 e. The number of ether oxygens (including phenoxy) is 1. The van der Waals surface area contributed by atoms with Crippen LogP contribution in [0.1, 0.15) is 17.2 Å². The van der Waals surface area contributed by atoms with Gasteiger partial charge in [-0.05, 0) is 17.2 Å². The van der Waals surface area contributed by atoms with Gasteiger partial charge in [0.2, 0.25) is 5.91 Å². The first-order chi connectivity index (χ1) is 10.6. The minimum atomic E-state index is -0.832. The van der Waals surface area contributed by atoms with E-state index >= 15 is 0 Å². The molecule has 0 saturated heterocycles. The van der Waals surface area contributed by atoms with Crippen molar-refractivity contribution in [2.75, 3.05) is 7.11 Å². The first-order valence-corrected chi connectivity index (χ1v) is 7.15. The van der Waals surface area contributed by atoms with Gasteiger partial charge in [0.05, 0.1) is 13.5 Å². The van der Waals surface area contributed by atoms with Gasteiger partial charge in [-0.25, -0.2) is 4.79 Å². The molecule has 0 bridgehead atoms. The van der Waals surface area contributed by atoms with Gasteiger partial charge in [-0.2, -0.15) is 0 Å². The summed E-state index contributed by atoms with van der Waals surface area (Å²) in [5, 5.41) is 3.21. The van der Waals surface area contributed by atoms with Crippen molar-refractivity contribution in [2.45, 2.75) is 12.5 Å². The highest BCUT2D eigenvalue weighted by molar-refractivity contribution is 6.31. The molecule has 0 aliphatic rings. The highest BCUT2D eigenvalue weighted by Gasteiger charge is 2.23. The van der Waals surface area contributed by atoms with Gasteiger partial charge in [-0.1, -0.05) is 60.1 Å².